The Balaban J connectivity index is 2.04. The molecule has 1 N–H and O–H groups in total. The molecular weight excluding hydrogens is 226 g/mol. The first-order chi connectivity index (χ1) is 8.72. The summed E-state index contributed by atoms with van der Waals surface area (Å²) in [6, 6.07) is 8.29. The standard InChI is InChI=1S/C15H23NO2/c1-12-7-5-6-10-16(12)11-14(17)13-8-3-4-9-15(13)18-2/h3-4,8-9,12,14,17H,5-7,10-11H2,1-2H3. The number of aliphatic hydroxyl groups is 1. The van der Waals surface area contributed by atoms with Crippen LogP contribution < -0.4 is 4.74 Å². The third-order valence-electron chi connectivity index (χ3n) is 3.85. The topological polar surface area (TPSA) is 32.7 Å². The van der Waals surface area contributed by atoms with Gasteiger partial charge in [0, 0.05) is 18.2 Å². The molecule has 0 aliphatic carbocycles. The summed E-state index contributed by atoms with van der Waals surface area (Å²) in [4.78, 5) is 2.38. The van der Waals surface area contributed by atoms with Gasteiger partial charge >= 0.3 is 0 Å². The van der Waals surface area contributed by atoms with E-state index in [2.05, 4.69) is 11.8 Å². The van der Waals surface area contributed by atoms with Gasteiger partial charge in [-0.15, -0.1) is 0 Å². The van der Waals surface area contributed by atoms with Crippen LogP contribution in [0.4, 0.5) is 0 Å². The highest BCUT2D eigenvalue weighted by atomic mass is 16.5. The number of hydrogen-bond acceptors (Lipinski definition) is 3. The van der Waals surface area contributed by atoms with Crippen LogP contribution in [0, 0.1) is 0 Å². The summed E-state index contributed by atoms with van der Waals surface area (Å²) in [6.07, 6.45) is 3.31. The van der Waals surface area contributed by atoms with Gasteiger partial charge in [-0.1, -0.05) is 24.6 Å². The molecule has 3 nitrogen and oxygen atoms in total. The first kappa shape index (κ1) is 13.4. The fourth-order valence-corrected chi connectivity index (χ4v) is 2.69. The Hall–Kier alpha value is -1.06. The predicted molar refractivity (Wildman–Crippen MR) is 72.8 cm³/mol. The summed E-state index contributed by atoms with van der Waals surface area (Å²) in [6.45, 7) is 4.03. The van der Waals surface area contributed by atoms with Gasteiger partial charge in [0.15, 0.2) is 0 Å². The SMILES string of the molecule is COc1ccccc1C(O)CN1CCCCC1C. The number of hydrogen-bond donors (Lipinski definition) is 1. The second-order valence-corrected chi connectivity index (χ2v) is 5.10. The van der Waals surface area contributed by atoms with Crippen LogP contribution in [0.3, 0.4) is 0 Å². The van der Waals surface area contributed by atoms with Gasteiger partial charge in [0.2, 0.25) is 0 Å². The van der Waals surface area contributed by atoms with Gasteiger partial charge in [-0.05, 0) is 32.4 Å². The summed E-state index contributed by atoms with van der Waals surface area (Å²) in [5, 5.41) is 10.4. The van der Waals surface area contributed by atoms with Crippen molar-refractivity contribution < 1.29 is 9.84 Å². The molecule has 1 aromatic carbocycles. The second-order valence-electron chi connectivity index (χ2n) is 5.10. The minimum absolute atomic E-state index is 0.471. The van der Waals surface area contributed by atoms with Gasteiger partial charge in [-0.3, -0.25) is 4.90 Å². The van der Waals surface area contributed by atoms with Gasteiger partial charge in [0.05, 0.1) is 13.2 Å². The molecule has 3 heteroatoms. The van der Waals surface area contributed by atoms with Crippen molar-refractivity contribution in [1.82, 2.24) is 4.90 Å². The van der Waals surface area contributed by atoms with Gasteiger partial charge in [0.1, 0.15) is 5.75 Å². The van der Waals surface area contributed by atoms with Crippen LogP contribution in [0.15, 0.2) is 24.3 Å². The van der Waals surface area contributed by atoms with E-state index < -0.39 is 6.10 Å². The lowest BCUT2D eigenvalue weighted by Crippen LogP contribution is -2.40. The molecule has 0 aromatic heterocycles. The van der Waals surface area contributed by atoms with Crippen LogP contribution in [-0.2, 0) is 0 Å². The van der Waals surface area contributed by atoms with Crippen molar-refractivity contribution in [2.75, 3.05) is 20.2 Å². The molecule has 1 fully saturated rings. The summed E-state index contributed by atoms with van der Waals surface area (Å²) in [5.74, 6) is 0.773. The van der Waals surface area contributed by atoms with E-state index in [4.69, 9.17) is 4.74 Å². The molecule has 2 atom stereocenters. The molecule has 0 saturated carbocycles. The molecule has 0 bridgehead atoms. The summed E-state index contributed by atoms with van der Waals surface area (Å²) >= 11 is 0. The normalized spacial score (nSPS) is 22.7. The van der Waals surface area contributed by atoms with E-state index in [1.807, 2.05) is 24.3 Å². The lowest BCUT2D eigenvalue weighted by atomic mass is 10.0. The van der Waals surface area contributed by atoms with Crippen LogP contribution in [0.1, 0.15) is 37.9 Å². The smallest absolute Gasteiger partial charge is 0.124 e. The summed E-state index contributed by atoms with van der Waals surface area (Å²) < 4.78 is 5.30. The van der Waals surface area contributed by atoms with Crippen LogP contribution in [-0.4, -0.2) is 36.2 Å². The number of para-hydroxylation sites is 1. The molecule has 1 aliphatic heterocycles. The Labute approximate surface area is 109 Å². The molecule has 0 radical (unpaired) electrons. The zero-order valence-electron chi connectivity index (χ0n) is 11.3. The van der Waals surface area contributed by atoms with Crippen LogP contribution in [0.2, 0.25) is 0 Å². The van der Waals surface area contributed by atoms with Crippen LogP contribution in [0.25, 0.3) is 0 Å². The van der Waals surface area contributed by atoms with E-state index in [1.165, 1.54) is 19.3 Å². The number of benzene rings is 1. The monoisotopic (exact) mass is 249 g/mol. The number of methoxy groups -OCH3 is 1. The minimum atomic E-state index is -0.471. The third-order valence-corrected chi connectivity index (χ3v) is 3.85. The fraction of sp³-hybridized carbons (Fsp3) is 0.600. The first-order valence-corrected chi connectivity index (χ1v) is 6.77. The van der Waals surface area contributed by atoms with Crippen molar-refractivity contribution in [1.29, 1.82) is 0 Å². The van der Waals surface area contributed by atoms with E-state index in [9.17, 15) is 5.11 Å². The van der Waals surface area contributed by atoms with Crippen molar-refractivity contribution in [2.24, 2.45) is 0 Å². The molecule has 18 heavy (non-hydrogen) atoms. The van der Waals surface area contributed by atoms with Crippen molar-refractivity contribution in [3.63, 3.8) is 0 Å². The van der Waals surface area contributed by atoms with Crippen molar-refractivity contribution in [3.8, 4) is 5.75 Å². The number of ether oxygens (including phenoxy) is 1. The molecule has 0 amide bonds. The predicted octanol–water partition coefficient (Wildman–Crippen LogP) is 2.60. The van der Waals surface area contributed by atoms with Crippen molar-refractivity contribution in [2.45, 2.75) is 38.3 Å². The maximum Gasteiger partial charge on any atom is 0.124 e. The molecule has 2 rings (SSSR count). The summed E-state index contributed by atoms with van der Waals surface area (Å²) in [5.41, 5.74) is 0.887. The Bertz CT molecular complexity index is 381. The molecule has 100 valence electrons. The van der Waals surface area contributed by atoms with E-state index in [-0.39, 0.29) is 0 Å². The maximum atomic E-state index is 10.4. The van der Waals surface area contributed by atoms with E-state index in [0.29, 0.717) is 12.6 Å². The lowest BCUT2D eigenvalue weighted by molar-refractivity contribution is 0.0718. The van der Waals surface area contributed by atoms with E-state index in [1.54, 1.807) is 7.11 Å². The lowest BCUT2D eigenvalue weighted by Gasteiger charge is -2.34. The Morgan fingerprint density at radius 3 is 2.89 bits per heavy atom. The van der Waals surface area contributed by atoms with Crippen molar-refractivity contribution in [3.05, 3.63) is 29.8 Å². The van der Waals surface area contributed by atoms with Crippen LogP contribution in [0.5, 0.6) is 5.75 Å². The molecule has 1 saturated heterocycles. The van der Waals surface area contributed by atoms with Gasteiger partial charge in [0.25, 0.3) is 0 Å². The van der Waals surface area contributed by atoms with Crippen LogP contribution >= 0.6 is 0 Å². The van der Waals surface area contributed by atoms with Gasteiger partial charge < -0.3 is 9.84 Å². The average Bonchev–Trinajstić information content (AvgIpc) is 2.41. The Morgan fingerprint density at radius 1 is 1.39 bits per heavy atom. The quantitative estimate of drug-likeness (QED) is 0.890. The summed E-state index contributed by atoms with van der Waals surface area (Å²) in [7, 11) is 1.65. The molecule has 1 heterocycles. The van der Waals surface area contributed by atoms with E-state index >= 15 is 0 Å². The highest BCUT2D eigenvalue weighted by molar-refractivity contribution is 5.35. The molecule has 0 spiro atoms. The number of rotatable bonds is 4. The van der Waals surface area contributed by atoms with Gasteiger partial charge in [-0.2, -0.15) is 0 Å². The number of piperidine rings is 1. The fourth-order valence-electron chi connectivity index (χ4n) is 2.69. The molecule has 1 aliphatic rings. The number of β-amino-alcohol motifs (C(OH)–C–C–N with tert-alkyl or cyclic N) is 1. The highest BCUT2D eigenvalue weighted by Gasteiger charge is 2.22. The Morgan fingerprint density at radius 2 is 2.17 bits per heavy atom. The molecule has 1 aromatic rings. The van der Waals surface area contributed by atoms with E-state index in [0.717, 1.165) is 17.9 Å². The van der Waals surface area contributed by atoms with Gasteiger partial charge in [-0.25, -0.2) is 0 Å². The largest absolute Gasteiger partial charge is 0.496 e. The zero-order valence-corrected chi connectivity index (χ0v) is 11.3. The molecule has 2 unspecified atom stereocenters. The molecular formula is C15H23NO2. The van der Waals surface area contributed by atoms with Crippen molar-refractivity contribution >= 4 is 0 Å². The average molecular weight is 249 g/mol. The minimum Gasteiger partial charge on any atom is -0.496 e. The zero-order chi connectivity index (χ0) is 13.0. The Kier molecular flexibility index (Phi) is 4.61. The number of likely N-dealkylation sites (tertiary alicyclic amines) is 1. The number of aliphatic hydroxyl groups excluding tert-OH is 1. The third kappa shape index (κ3) is 3.03. The second kappa shape index (κ2) is 6.21. The first-order valence-electron chi connectivity index (χ1n) is 6.77. The number of nitrogens with zero attached hydrogens (tertiary/aromatic N) is 1. The highest BCUT2D eigenvalue weighted by Crippen LogP contribution is 2.27. The maximum absolute atomic E-state index is 10.4.